The van der Waals surface area contributed by atoms with E-state index in [9.17, 15) is 0 Å². The summed E-state index contributed by atoms with van der Waals surface area (Å²) >= 11 is 6.73. The number of benzene rings is 1. The molecule has 1 heterocycles. The molecule has 1 unspecified atom stereocenters. The standard InChI is InChI=1S/C18H21ClO/c1-13-16(18(19)15-10-6-3-7-11-15)12-17(20-13)14-8-4-2-5-9-14/h2,4-5,8-9,12,15,18H,3,6-7,10-11H2,1H3. The first-order valence-corrected chi connectivity index (χ1v) is 7.99. The Morgan fingerprint density at radius 3 is 2.50 bits per heavy atom. The fourth-order valence-corrected chi connectivity index (χ4v) is 3.66. The van der Waals surface area contributed by atoms with Crippen LogP contribution in [0.2, 0.25) is 0 Å². The summed E-state index contributed by atoms with van der Waals surface area (Å²) in [6.45, 7) is 2.03. The van der Waals surface area contributed by atoms with Gasteiger partial charge in [-0.2, -0.15) is 0 Å². The molecule has 1 nitrogen and oxygen atoms in total. The van der Waals surface area contributed by atoms with Crippen molar-refractivity contribution in [2.45, 2.75) is 44.4 Å². The van der Waals surface area contributed by atoms with E-state index in [2.05, 4.69) is 18.2 Å². The van der Waals surface area contributed by atoms with Crippen LogP contribution in [0.25, 0.3) is 11.3 Å². The Bertz CT molecular complexity index is 552. The smallest absolute Gasteiger partial charge is 0.134 e. The molecule has 0 radical (unpaired) electrons. The first-order chi connectivity index (χ1) is 9.75. The first kappa shape index (κ1) is 13.8. The van der Waals surface area contributed by atoms with Gasteiger partial charge in [0.1, 0.15) is 11.5 Å². The monoisotopic (exact) mass is 288 g/mol. The van der Waals surface area contributed by atoms with E-state index in [4.69, 9.17) is 16.0 Å². The van der Waals surface area contributed by atoms with E-state index in [1.165, 1.54) is 37.7 Å². The molecule has 0 amide bonds. The number of furan rings is 1. The van der Waals surface area contributed by atoms with Crippen molar-refractivity contribution >= 4 is 11.6 Å². The lowest BCUT2D eigenvalue weighted by molar-refractivity contribution is 0.346. The van der Waals surface area contributed by atoms with Crippen molar-refractivity contribution in [2.24, 2.45) is 5.92 Å². The minimum absolute atomic E-state index is 0.0940. The van der Waals surface area contributed by atoms with Crippen molar-refractivity contribution in [3.05, 3.63) is 47.7 Å². The second kappa shape index (κ2) is 6.05. The highest BCUT2D eigenvalue weighted by Crippen LogP contribution is 2.41. The second-order valence-electron chi connectivity index (χ2n) is 5.79. The van der Waals surface area contributed by atoms with Gasteiger partial charge in [0.15, 0.2) is 0 Å². The number of aryl methyl sites for hydroxylation is 1. The largest absolute Gasteiger partial charge is 0.461 e. The predicted molar refractivity (Wildman–Crippen MR) is 84.1 cm³/mol. The highest BCUT2D eigenvalue weighted by molar-refractivity contribution is 6.21. The Morgan fingerprint density at radius 1 is 1.10 bits per heavy atom. The van der Waals surface area contributed by atoms with Gasteiger partial charge in [-0.15, -0.1) is 11.6 Å². The third-order valence-corrected chi connectivity index (χ3v) is 4.97. The molecule has 1 fully saturated rings. The molecule has 0 bridgehead atoms. The Hall–Kier alpha value is -1.21. The van der Waals surface area contributed by atoms with E-state index < -0.39 is 0 Å². The van der Waals surface area contributed by atoms with Gasteiger partial charge in [-0.25, -0.2) is 0 Å². The van der Waals surface area contributed by atoms with E-state index in [-0.39, 0.29) is 5.38 Å². The molecule has 0 N–H and O–H groups in total. The summed E-state index contributed by atoms with van der Waals surface area (Å²) in [4.78, 5) is 0. The summed E-state index contributed by atoms with van der Waals surface area (Å²) in [7, 11) is 0. The molecule has 106 valence electrons. The van der Waals surface area contributed by atoms with Gasteiger partial charge in [0, 0.05) is 11.1 Å². The van der Waals surface area contributed by atoms with Crippen LogP contribution in [0.3, 0.4) is 0 Å². The number of hydrogen-bond acceptors (Lipinski definition) is 1. The highest BCUT2D eigenvalue weighted by atomic mass is 35.5. The molecule has 0 aliphatic heterocycles. The van der Waals surface area contributed by atoms with Crippen LogP contribution in [0.4, 0.5) is 0 Å². The van der Waals surface area contributed by atoms with Gasteiger partial charge in [-0.1, -0.05) is 49.6 Å². The molecule has 2 aromatic rings. The Morgan fingerprint density at radius 2 is 1.80 bits per heavy atom. The summed E-state index contributed by atoms with van der Waals surface area (Å²) in [5.74, 6) is 2.50. The van der Waals surface area contributed by atoms with E-state index in [1.807, 2.05) is 25.1 Å². The average Bonchev–Trinajstić information content (AvgIpc) is 2.90. The van der Waals surface area contributed by atoms with Gasteiger partial charge in [-0.05, 0) is 31.7 Å². The van der Waals surface area contributed by atoms with Crippen LogP contribution in [-0.2, 0) is 0 Å². The SMILES string of the molecule is Cc1oc(-c2ccccc2)cc1C(Cl)C1CCCCC1. The van der Waals surface area contributed by atoms with Crippen molar-refractivity contribution in [2.75, 3.05) is 0 Å². The quantitative estimate of drug-likeness (QED) is 0.621. The maximum absolute atomic E-state index is 6.73. The second-order valence-corrected chi connectivity index (χ2v) is 6.26. The fraction of sp³-hybridized carbons (Fsp3) is 0.444. The van der Waals surface area contributed by atoms with E-state index >= 15 is 0 Å². The van der Waals surface area contributed by atoms with Crippen LogP contribution in [0, 0.1) is 12.8 Å². The maximum atomic E-state index is 6.73. The number of halogens is 1. The molecule has 1 aliphatic rings. The lowest BCUT2D eigenvalue weighted by Gasteiger charge is -2.25. The lowest BCUT2D eigenvalue weighted by atomic mass is 9.84. The van der Waals surface area contributed by atoms with E-state index in [1.54, 1.807) is 0 Å². The topological polar surface area (TPSA) is 13.1 Å². The van der Waals surface area contributed by atoms with E-state index in [0.29, 0.717) is 5.92 Å². The molecule has 1 saturated carbocycles. The zero-order valence-corrected chi connectivity index (χ0v) is 12.7. The first-order valence-electron chi connectivity index (χ1n) is 7.55. The molecular weight excluding hydrogens is 268 g/mol. The number of alkyl halides is 1. The van der Waals surface area contributed by atoms with Gasteiger partial charge in [0.05, 0.1) is 5.38 Å². The molecular formula is C18H21ClO. The third-order valence-electron chi connectivity index (χ3n) is 4.38. The van der Waals surface area contributed by atoms with Crippen molar-refractivity contribution in [1.29, 1.82) is 0 Å². The number of hydrogen-bond donors (Lipinski definition) is 0. The molecule has 2 heteroatoms. The summed E-state index contributed by atoms with van der Waals surface area (Å²) in [6.07, 6.45) is 6.49. The zero-order valence-electron chi connectivity index (χ0n) is 11.9. The average molecular weight is 289 g/mol. The molecule has 1 aromatic heterocycles. The molecule has 3 rings (SSSR count). The van der Waals surface area contributed by atoms with Crippen LogP contribution in [0.15, 0.2) is 40.8 Å². The summed E-state index contributed by atoms with van der Waals surface area (Å²) in [5, 5.41) is 0.0940. The lowest BCUT2D eigenvalue weighted by Crippen LogP contribution is -2.12. The molecule has 1 aliphatic carbocycles. The van der Waals surface area contributed by atoms with E-state index in [0.717, 1.165) is 17.1 Å². The number of rotatable bonds is 3. The van der Waals surface area contributed by atoms with Crippen LogP contribution in [0.1, 0.15) is 48.8 Å². The Kier molecular flexibility index (Phi) is 4.16. The van der Waals surface area contributed by atoms with Crippen LogP contribution < -0.4 is 0 Å². The van der Waals surface area contributed by atoms with Crippen LogP contribution in [0.5, 0.6) is 0 Å². The third kappa shape index (κ3) is 2.78. The highest BCUT2D eigenvalue weighted by Gasteiger charge is 2.26. The fourth-order valence-electron chi connectivity index (χ4n) is 3.20. The minimum Gasteiger partial charge on any atom is -0.461 e. The molecule has 1 atom stereocenters. The van der Waals surface area contributed by atoms with Crippen molar-refractivity contribution in [3.63, 3.8) is 0 Å². The van der Waals surface area contributed by atoms with Gasteiger partial charge >= 0.3 is 0 Å². The van der Waals surface area contributed by atoms with Gasteiger partial charge in [0.25, 0.3) is 0 Å². The predicted octanol–water partition coefficient (Wildman–Crippen LogP) is 6.12. The van der Waals surface area contributed by atoms with Crippen molar-refractivity contribution in [3.8, 4) is 11.3 Å². The van der Waals surface area contributed by atoms with Crippen molar-refractivity contribution < 1.29 is 4.42 Å². The zero-order chi connectivity index (χ0) is 13.9. The maximum Gasteiger partial charge on any atom is 0.134 e. The van der Waals surface area contributed by atoms with Gasteiger partial charge < -0.3 is 4.42 Å². The molecule has 1 aromatic carbocycles. The van der Waals surface area contributed by atoms with Crippen LogP contribution in [-0.4, -0.2) is 0 Å². The Balaban J connectivity index is 1.85. The normalized spacial score (nSPS) is 18.1. The van der Waals surface area contributed by atoms with Crippen LogP contribution >= 0.6 is 11.6 Å². The van der Waals surface area contributed by atoms with Crippen molar-refractivity contribution in [1.82, 2.24) is 0 Å². The van der Waals surface area contributed by atoms with Gasteiger partial charge in [-0.3, -0.25) is 0 Å². The molecule has 0 saturated heterocycles. The molecule has 20 heavy (non-hydrogen) atoms. The summed E-state index contributed by atoms with van der Waals surface area (Å²) in [5.41, 5.74) is 2.30. The minimum atomic E-state index is 0.0940. The Labute approximate surface area is 125 Å². The summed E-state index contributed by atoms with van der Waals surface area (Å²) < 4.78 is 5.93. The van der Waals surface area contributed by atoms with Gasteiger partial charge in [0.2, 0.25) is 0 Å². The molecule has 0 spiro atoms. The summed E-state index contributed by atoms with van der Waals surface area (Å²) in [6, 6.07) is 12.4.